The van der Waals surface area contributed by atoms with E-state index in [-0.39, 0.29) is 17.5 Å². The SMILES string of the molecule is CC1(C)C(=O)N(C2CC(C#N)(N3CC4CCC4C3)C2)c2cc(Br)cnc21. The summed E-state index contributed by atoms with van der Waals surface area (Å²) in [6, 6.07) is 4.71. The van der Waals surface area contributed by atoms with Crippen LogP contribution < -0.4 is 4.90 Å². The van der Waals surface area contributed by atoms with Crippen LogP contribution in [-0.4, -0.2) is 40.5 Å². The number of anilines is 1. The van der Waals surface area contributed by atoms with Gasteiger partial charge in [-0.1, -0.05) is 0 Å². The van der Waals surface area contributed by atoms with E-state index in [2.05, 4.69) is 31.9 Å². The minimum atomic E-state index is -0.603. The first-order valence-electron chi connectivity index (χ1n) is 9.52. The molecule has 5 rings (SSSR count). The fraction of sp³-hybridized carbons (Fsp3) is 0.650. The third kappa shape index (κ3) is 2.05. The minimum absolute atomic E-state index is 0.0945. The van der Waals surface area contributed by atoms with Crippen LogP contribution in [0.2, 0.25) is 0 Å². The number of halogens is 1. The molecule has 0 bridgehead atoms. The van der Waals surface area contributed by atoms with E-state index < -0.39 is 5.41 Å². The fourth-order valence-corrected chi connectivity index (χ4v) is 5.72. The number of nitrogens with zero attached hydrogens (tertiary/aromatic N) is 4. The number of carbonyl (C=O) groups excluding carboxylic acids is 1. The molecule has 2 saturated carbocycles. The van der Waals surface area contributed by atoms with Crippen LogP contribution in [0.15, 0.2) is 16.7 Å². The number of aromatic nitrogens is 1. The van der Waals surface area contributed by atoms with E-state index in [1.807, 2.05) is 24.8 Å². The Morgan fingerprint density at radius 1 is 1.27 bits per heavy atom. The Kier molecular flexibility index (Phi) is 3.40. The largest absolute Gasteiger partial charge is 0.306 e. The van der Waals surface area contributed by atoms with Crippen molar-refractivity contribution in [2.45, 2.75) is 56.5 Å². The van der Waals surface area contributed by atoms with Gasteiger partial charge < -0.3 is 4.90 Å². The van der Waals surface area contributed by atoms with Crippen LogP contribution in [0.4, 0.5) is 5.69 Å². The fourth-order valence-electron chi connectivity index (χ4n) is 5.40. The van der Waals surface area contributed by atoms with Gasteiger partial charge in [-0.05, 0) is 60.5 Å². The quantitative estimate of drug-likeness (QED) is 0.744. The van der Waals surface area contributed by atoms with Crippen molar-refractivity contribution in [2.75, 3.05) is 18.0 Å². The molecular weight excluding hydrogens is 392 g/mol. The summed E-state index contributed by atoms with van der Waals surface area (Å²) < 4.78 is 0.883. The molecule has 26 heavy (non-hydrogen) atoms. The molecule has 6 heteroatoms. The van der Waals surface area contributed by atoms with Crippen molar-refractivity contribution in [2.24, 2.45) is 11.8 Å². The third-order valence-electron chi connectivity index (χ3n) is 7.25. The highest BCUT2D eigenvalue weighted by molar-refractivity contribution is 9.10. The van der Waals surface area contributed by atoms with E-state index >= 15 is 0 Å². The first-order chi connectivity index (χ1) is 12.4. The van der Waals surface area contributed by atoms with Crippen LogP contribution in [0.1, 0.15) is 45.2 Å². The Labute approximate surface area is 162 Å². The maximum Gasteiger partial charge on any atom is 0.239 e. The number of nitriles is 1. The number of rotatable bonds is 2. The average molecular weight is 415 g/mol. The first-order valence-corrected chi connectivity index (χ1v) is 10.3. The second kappa shape index (κ2) is 5.30. The number of pyridine rings is 1. The molecule has 1 aromatic rings. The summed E-state index contributed by atoms with van der Waals surface area (Å²) in [5.41, 5.74) is 0.772. The smallest absolute Gasteiger partial charge is 0.239 e. The molecule has 2 atom stereocenters. The van der Waals surface area contributed by atoms with Crippen LogP contribution in [0.25, 0.3) is 0 Å². The number of carbonyl (C=O) groups is 1. The maximum absolute atomic E-state index is 13.1. The lowest BCUT2D eigenvalue weighted by Crippen LogP contribution is -2.63. The van der Waals surface area contributed by atoms with Crippen molar-refractivity contribution in [3.05, 3.63) is 22.4 Å². The monoisotopic (exact) mass is 414 g/mol. The third-order valence-corrected chi connectivity index (χ3v) is 7.68. The van der Waals surface area contributed by atoms with Crippen molar-refractivity contribution in [3.63, 3.8) is 0 Å². The Morgan fingerprint density at radius 2 is 1.92 bits per heavy atom. The molecule has 0 spiro atoms. The van der Waals surface area contributed by atoms with Gasteiger partial charge in [0.1, 0.15) is 5.54 Å². The van der Waals surface area contributed by atoms with Crippen molar-refractivity contribution in [1.29, 1.82) is 5.26 Å². The molecule has 4 aliphatic rings. The lowest BCUT2D eigenvalue weighted by Gasteiger charge is -2.51. The van der Waals surface area contributed by atoms with Crippen molar-refractivity contribution in [3.8, 4) is 6.07 Å². The summed E-state index contributed by atoms with van der Waals surface area (Å²) in [6.45, 7) is 6.02. The molecule has 1 saturated heterocycles. The van der Waals surface area contributed by atoms with Gasteiger partial charge in [-0.2, -0.15) is 5.26 Å². The standard InChI is InChI=1S/C20H23BrN4O/c1-19(2)17-16(5-14(21)8-23-17)25(18(19)26)15-6-20(7-15,11-22)24-9-12-3-4-13(12)10-24/h5,8,12-13,15H,3-4,6-7,9-10H2,1-2H3. The number of hydrogen-bond acceptors (Lipinski definition) is 4. The molecular formula is C20H23BrN4O. The number of fused-ring (bicyclic) bond motifs is 2. The molecule has 1 amide bonds. The molecule has 3 heterocycles. The molecule has 136 valence electrons. The van der Waals surface area contributed by atoms with E-state index in [1.54, 1.807) is 6.20 Å². The Bertz CT molecular complexity index is 827. The first kappa shape index (κ1) is 16.7. The van der Waals surface area contributed by atoms with E-state index in [1.165, 1.54) is 12.8 Å². The van der Waals surface area contributed by atoms with Crippen LogP contribution in [0, 0.1) is 23.2 Å². The zero-order chi connectivity index (χ0) is 18.3. The van der Waals surface area contributed by atoms with Crippen molar-refractivity contribution in [1.82, 2.24) is 9.88 Å². The van der Waals surface area contributed by atoms with E-state index in [9.17, 15) is 10.1 Å². The number of amides is 1. The predicted octanol–water partition coefficient (Wildman–Crippen LogP) is 3.23. The van der Waals surface area contributed by atoms with Crippen LogP contribution >= 0.6 is 15.9 Å². The second-order valence-corrected chi connectivity index (χ2v) is 9.95. The molecule has 3 fully saturated rings. The van der Waals surface area contributed by atoms with Gasteiger partial charge in [-0.3, -0.25) is 14.7 Å². The van der Waals surface area contributed by atoms with Gasteiger partial charge in [0.05, 0.1) is 22.9 Å². The highest BCUT2D eigenvalue weighted by Gasteiger charge is 2.59. The van der Waals surface area contributed by atoms with E-state index in [0.717, 1.165) is 53.6 Å². The van der Waals surface area contributed by atoms with Crippen molar-refractivity contribution >= 4 is 27.5 Å². The minimum Gasteiger partial charge on any atom is -0.306 e. The van der Waals surface area contributed by atoms with Gasteiger partial charge in [0.25, 0.3) is 0 Å². The van der Waals surface area contributed by atoms with E-state index in [0.29, 0.717) is 0 Å². The Hall–Kier alpha value is -1.45. The molecule has 0 aromatic carbocycles. The van der Waals surface area contributed by atoms with Crippen LogP contribution in [0.3, 0.4) is 0 Å². The molecule has 1 aromatic heterocycles. The summed E-state index contributed by atoms with van der Waals surface area (Å²) in [7, 11) is 0. The Balaban J connectivity index is 1.42. The molecule has 2 aliphatic heterocycles. The zero-order valence-corrected chi connectivity index (χ0v) is 16.8. The van der Waals surface area contributed by atoms with Crippen molar-refractivity contribution < 1.29 is 4.79 Å². The lowest BCUT2D eigenvalue weighted by atomic mass is 9.71. The topological polar surface area (TPSA) is 60.2 Å². The van der Waals surface area contributed by atoms with Crippen LogP contribution in [-0.2, 0) is 10.2 Å². The maximum atomic E-state index is 13.1. The number of hydrogen-bond donors (Lipinski definition) is 0. The molecule has 5 nitrogen and oxygen atoms in total. The molecule has 2 aliphatic carbocycles. The highest BCUT2D eigenvalue weighted by atomic mass is 79.9. The van der Waals surface area contributed by atoms with Gasteiger partial charge in [0.2, 0.25) is 5.91 Å². The zero-order valence-electron chi connectivity index (χ0n) is 15.2. The van der Waals surface area contributed by atoms with Gasteiger partial charge in [-0.25, -0.2) is 0 Å². The lowest BCUT2D eigenvalue weighted by molar-refractivity contribution is -0.123. The molecule has 0 N–H and O–H groups in total. The number of likely N-dealkylation sites (tertiary alicyclic amines) is 1. The van der Waals surface area contributed by atoms with Gasteiger partial charge in [0.15, 0.2) is 0 Å². The van der Waals surface area contributed by atoms with Gasteiger partial charge >= 0.3 is 0 Å². The highest BCUT2D eigenvalue weighted by Crippen LogP contribution is 2.52. The molecule has 2 unspecified atom stereocenters. The normalized spacial score (nSPS) is 37.5. The second-order valence-electron chi connectivity index (χ2n) is 9.03. The summed E-state index contributed by atoms with van der Waals surface area (Å²) >= 11 is 3.49. The Morgan fingerprint density at radius 3 is 2.50 bits per heavy atom. The summed E-state index contributed by atoms with van der Waals surface area (Å²) in [5, 5.41) is 9.94. The average Bonchev–Trinajstić information content (AvgIpc) is 2.94. The van der Waals surface area contributed by atoms with E-state index in [4.69, 9.17) is 0 Å². The van der Waals surface area contributed by atoms with Crippen LogP contribution in [0.5, 0.6) is 0 Å². The summed E-state index contributed by atoms with van der Waals surface area (Å²) in [4.78, 5) is 22.0. The van der Waals surface area contributed by atoms with Gasteiger partial charge in [0, 0.05) is 42.6 Å². The predicted molar refractivity (Wildman–Crippen MR) is 102 cm³/mol. The molecule has 0 radical (unpaired) electrons. The summed E-state index contributed by atoms with van der Waals surface area (Å²) in [6.07, 6.45) is 5.89. The van der Waals surface area contributed by atoms with Gasteiger partial charge in [-0.15, -0.1) is 0 Å². The summed E-state index contributed by atoms with van der Waals surface area (Å²) in [5.74, 6) is 1.70.